The first kappa shape index (κ1) is 14.7. The number of aryl methyl sites for hydroxylation is 1. The van der Waals surface area contributed by atoms with E-state index in [-0.39, 0.29) is 5.28 Å². The van der Waals surface area contributed by atoms with Gasteiger partial charge < -0.3 is 10.2 Å². The number of benzene rings is 1. The second-order valence-corrected chi connectivity index (χ2v) is 7.36. The standard InChI is InChI=1S/C17H17ClN4S/c1-11-10-14-15(20-17(18)21-16(14)23-11)19-12-4-6-13(7-5-12)22-8-2-3-9-22/h4-7,10H,2-3,8-9H2,1H3,(H,19,20,21). The van der Waals surface area contributed by atoms with Crippen molar-refractivity contribution in [3.63, 3.8) is 0 Å². The number of nitrogens with zero attached hydrogens (tertiary/aromatic N) is 3. The maximum Gasteiger partial charge on any atom is 0.225 e. The lowest BCUT2D eigenvalue weighted by molar-refractivity contribution is 0.949. The van der Waals surface area contributed by atoms with E-state index in [4.69, 9.17) is 11.6 Å². The van der Waals surface area contributed by atoms with Gasteiger partial charge in [-0.3, -0.25) is 0 Å². The number of aromatic nitrogens is 2. The molecule has 2 aromatic heterocycles. The van der Waals surface area contributed by atoms with Crippen LogP contribution in [0.5, 0.6) is 0 Å². The molecule has 1 aliphatic heterocycles. The molecule has 1 saturated heterocycles. The van der Waals surface area contributed by atoms with Gasteiger partial charge in [0.2, 0.25) is 5.28 Å². The number of hydrogen-bond acceptors (Lipinski definition) is 5. The molecule has 4 rings (SSSR count). The largest absolute Gasteiger partial charge is 0.372 e. The smallest absolute Gasteiger partial charge is 0.225 e. The quantitative estimate of drug-likeness (QED) is 0.679. The first-order valence-corrected chi connectivity index (χ1v) is 8.94. The number of fused-ring (bicyclic) bond motifs is 1. The summed E-state index contributed by atoms with van der Waals surface area (Å²) >= 11 is 7.68. The van der Waals surface area contributed by atoms with Crippen molar-refractivity contribution in [3.05, 3.63) is 40.5 Å². The third-order valence-electron chi connectivity index (χ3n) is 4.09. The van der Waals surface area contributed by atoms with Gasteiger partial charge in [0.1, 0.15) is 10.6 Å². The maximum absolute atomic E-state index is 6.05. The summed E-state index contributed by atoms with van der Waals surface area (Å²) in [5.74, 6) is 0.762. The molecule has 23 heavy (non-hydrogen) atoms. The highest BCUT2D eigenvalue weighted by atomic mass is 35.5. The van der Waals surface area contributed by atoms with Crippen LogP contribution in [-0.4, -0.2) is 23.1 Å². The van der Waals surface area contributed by atoms with Gasteiger partial charge >= 0.3 is 0 Å². The molecule has 0 aliphatic carbocycles. The summed E-state index contributed by atoms with van der Waals surface area (Å²) in [6.07, 6.45) is 2.57. The third-order valence-corrected chi connectivity index (χ3v) is 5.20. The van der Waals surface area contributed by atoms with Gasteiger partial charge in [-0.1, -0.05) is 0 Å². The predicted molar refractivity (Wildman–Crippen MR) is 98.3 cm³/mol. The molecule has 0 atom stereocenters. The summed E-state index contributed by atoms with van der Waals surface area (Å²) < 4.78 is 0. The van der Waals surface area contributed by atoms with Gasteiger partial charge in [0.15, 0.2) is 0 Å². The summed E-state index contributed by atoms with van der Waals surface area (Å²) in [7, 11) is 0. The fraction of sp³-hybridized carbons (Fsp3) is 0.294. The molecule has 4 nitrogen and oxygen atoms in total. The highest BCUT2D eigenvalue weighted by Gasteiger charge is 2.13. The number of nitrogens with one attached hydrogen (secondary N) is 1. The minimum absolute atomic E-state index is 0.274. The van der Waals surface area contributed by atoms with Gasteiger partial charge in [0.05, 0.1) is 5.39 Å². The van der Waals surface area contributed by atoms with Crippen LogP contribution in [0.2, 0.25) is 5.28 Å². The molecule has 1 N–H and O–H groups in total. The molecule has 118 valence electrons. The highest BCUT2D eigenvalue weighted by Crippen LogP contribution is 2.31. The van der Waals surface area contributed by atoms with Gasteiger partial charge in [-0.2, -0.15) is 4.98 Å². The Hall–Kier alpha value is -1.85. The van der Waals surface area contributed by atoms with Crippen LogP contribution in [0.3, 0.4) is 0 Å². The molecule has 1 aliphatic rings. The minimum Gasteiger partial charge on any atom is -0.372 e. The zero-order valence-electron chi connectivity index (χ0n) is 12.8. The van der Waals surface area contributed by atoms with Gasteiger partial charge in [-0.05, 0) is 61.7 Å². The average Bonchev–Trinajstić information content (AvgIpc) is 3.17. The molecule has 0 unspecified atom stereocenters. The monoisotopic (exact) mass is 344 g/mol. The molecule has 0 radical (unpaired) electrons. The van der Waals surface area contributed by atoms with Crippen LogP contribution in [0.4, 0.5) is 17.2 Å². The molecule has 1 fully saturated rings. The van der Waals surface area contributed by atoms with E-state index < -0.39 is 0 Å². The molecule has 0 spiro atoms. The average molecular weight is 345 g/mol. The summed E-state index contributed by atoms with van der Waals surface area (Å²) in [5.41, 5.74) is 2.29. The fourth-order valence-corrected chi connectivity index (χ4v) is 4.08. The Labute approximate surface area is 144 Å². The van der Waals surface area contributed by atoms with E-state index >= 15 is 0 Å². The molecule has 3 aromatic rings. The Morgan fingerprint density at radius 2 is 1.87 bits per heavy atom. The molecular formula is C17H17ClN4S. The second-order valence-electron chi connectivity index (χ2n) is 5.78. The Morgan fingerprint density at radius 1 is 1.13 bits per heavy atom. The van der Waals surface area contributed by atoms with Crippen molar-refractivity contribution in [2.24, 2.45) is 0 Å². The SMILES string of the molecule is Cc1cc2c(Nc3ccc(N4CCCC4)cc3)nc(Cl)nc2s1. The van der Waals surface area contributed by atoms with Crippen LogP contribution in [0, 0.1) is 6.92 Å². The Bertz CT molecular complexity index is 838. The zero-order chi connectivity index (χ0) is 15.8. The number of hydrogen-bond donors (Lipinski definition) is 1. The van der Waals surface area contributed by atoms with Crippen molar-refractivity contribution in [1.82, 2.24) is 9.97 Å². The van der Waals surface area contributed by atoms with Gasteiger partial charge in [0.25, 0.3) is 0 Å². The minimum atomic E-state index is 0.274. The van der Waals surface area contributed by atoms with Crippen LogP contribution in [-0.2, 0) is 0 Å². The van der Waals surface area contributed by atoms with Crippen molar-refractivity contribution in [2.75, 3.05) is 23.3 Å². The van der Waals surface area contributed by atoms with Crippen LogP contribution < -0.4 is 10.2 Å². The first-order valence-electron chi connectivity index (χ1n) is 7.75. The predicted octanol–water partition coefficient (Wildman–Crippen LogP) is 5.00. The Kier molecular flexibility index (Phi) is 3.83. The van der Waals surface area contributed by atoms with Crippen LogP contribution >= 0.6 is 22.9 Å². The maximum atomic E-state index is 6.05. The van der Waals surface area contributed by atoms with Gasteiger partial charge in [0, 0.05) is 29.3 Å². The van der Waals surface area contributed by atoms with Crippen molar-refractivity contribution < 1.29 is 0 Å². The van der Waals surface area contributed by atoms with Crippen molar-refractivity contribution in [1.29, 1.82) is 0 Å². The van der Waals surface area contributed by atoms with Gasteiger partial charge in [-0.15, -0.1) is 11.3 Å². The number of halogens is 1. The van der Waals surface area contributed by atoms with E-state index in [1.54, 1.807) is 11.3 Å². The van der Waals surface area contributed by atoms with E-state index in [0.29, 0.717) is 0 Å². The zero-order valence-corrected chi connectivity index (χ0v) is 14.4. The summed E-state index contributed by atoms with van der Waals surface area (Å²) in [5, 5.41) is 4.66. The highest BCUT2D eigenvalue weighted by molar-refractivity contribution is 7.18. The molecular weight excluding hydrogens is 328 g/mol. The van der Waals surface area contributed by atoms with Crippen LogP contribution in [0.1, 0.15) is 17.7 Å². The third kappa shape index (κ3) is 2.99. The van der Waals surface area contributed by atoms with Crippen molar-refractivity contribution in [2.45, 2.75) is 19.8 Å². The number of rotatable bonds is 3. The van der Waals surface area contributed by atoms with E-state index in [2.05, 4.69) is 57.4 Å². The number of anilines is 3. The van der Waals surface area contributed by atoms with Crippen LogP contribution in [0.15, 0.2) is 30.3 Å². The molecule has 6 heteroatoms. The molecule has 0 saturated carbocycles. The molecule has 0 bridgehead atoms. The fourth-order valence-electron chi connectivity index (χ4n) is 2.98. The molecule has 1 aromatic carbocycles. The Balaban J connectivity index is 1.62. The lowest BCUT2D eigenvalue weighted by Crippen LogP contribution is -2.17. The van der Waals surface area contributed by atoms with Crippen LogP contribution in [0.25, 0.3) is 10.2 Å². The van der Waals surface area contributed by atoms with Crippen molar-refractivity contribution in [3.8, 4) is 0 Å². The first-order chi connectivity index (χ1) is 11.2. The van der Waals surface area contributed by atoms with E-state index in [1.165, 1.54) is 23.4 Å². The Morgan fingerprint density at radius 3 is 2.61 bits per heavy atom. The summed E-state index contributed by atoms with van der Waals surface area (Å²) in [6.45, 7) is 4.38. The lowest BCUT2D eigenvalue weighted by atomic mass is 10.2. The second kappa shape index (κ2) is 5.98. The molecule has 0 amide bonds. The molecule has 3 heterocycles. The topological polar surface area (TPSA) is 41.0 Å². The summed E-state index contributed by atoms with van der Waals surface area (Å²) in [6, 6.07) is 10.6. The van der Waals surface area contributed by atoms with E-state index in [0.717, 1.165) is 34.8 Å². The normalized spacial score (nSPS) is 14.6. The van der Waals surface area contributed by atoms with Gasteiger partial charge in [-0.25, -0.2) is 4.98 Å². The van der Waals surface area contributed by atoms with E-state index in [1.807, 2.05) is 0 Å². The van der Waals surface area contributed by atoms with E-state index in [9.17, 15) is 0 Å². The lowest BCUT2D eigenvalue weighted by Gasteiger charge is -2.18. The van der Waals surface area contributed by atoms with Crippen molar-refractivity contribution >= 4 is 50.3 Å². The number of thiophene rings is 1. The summed E-state index contributed by atoms with van der Waals surface area (Å²) in [4.78, 5) is 13.2.